The number of likely N-dealkylation sites (tertiary alicyclic amines) is 1. The third-order valence-corrected chi connectivity index (χ3v) is 7.72. The van der Waals surface area contributed by atoms with Crippen LogP contribution in [0.5, 0.6) is 0 Å². The van der Waals surface area contributed by atoms with Gasteiger partial charge in [0.25, 0.3) is 0 Å². The molecule has 0 saturated carbocycles. The zero-order chi connectivity index (χ0) is 25.7. The lowest BCUT2D eigenvalue weighted by molar-refractivity contribution is -0.138. The van der Waals surface area contributed by atoms with Gasteiger partial charge >= 0.3 is 0 Å². The lowest BCUT2D eigenvalue weighted by Gasteiger charge is -2.32. The highest BCUT2D eigenvalue weighted by Crippen LogP contribution is 2.43. The Morgan fingerprint density at radius 2 is 1.14 bits per heavy atom. The number of benzene rings is 4. The van der Waals surface area contributed by atoms with Crippen LogP contribution in [0.1, 0.15) is 47.4 Å². The highest BCUT2D eigenvalue weighted by molar-refractivity contribution is 5.97. The van der Waals surface area contributed by atoms with Gasteiger partial charge < -0.3 is 10.6 Å². The summed E-state index contributed by atoms with van der Waals surface area (Å²) >= 11 is 0. The molecule has 0 radical (unpaired) electrons. The minimum Gasteiger partial charge on any atom is -0.368 e. The fourth-order valence-corrected chi connectivity index (χ4v) is 5.86. The number of amides is 2. The summed E-state index contributed by atoms with van der Waals surface area (Å²) in [4.78, 5) is 28.8. The van der Waals surface area contributed by atoms with Crippen LogP contribution >= 0.6 is 0 Å². The van der Waals surface area contributed by atoms with Gasteiger partial charge in [-0.3, -0.25) is 9.59 Å². The van der Waals surface area contributed by atoms with Crippen molar-refractivity contribution in [3.8, 4) is 0 Å². The summed E-state index contributed by atoms with van der Waals surface area (Å²) in [6.45, 7) is 0.484. The summed E-state index contributed by atoms with van der Waals surface area (Å²) in [5.74, 6) is -0.398. The maximum absolute atomic E-state index is 14.3. The van der Waals surface area contributed by atoms with E-state index >= 15 is 0 Å². The van der Waals surface area contributed by atoms with Gasteiger partial charge in [-0.25, -0.2) is 0 Å². The predicted octanol–water partition coefficient (Wildman–Crippen LogP) is 5.67. The van der Waals surface area contributed by atoms with Crippen molar-refractivity contribution in [1.82, 2.24) is 4.90 Å². The first-order chi connectivity index (χ1) is 18.1. The molecule has 0 aromatic heterocycles. The van der Waals surface area contributed by atoms with Crippen molar-refractivity contribution in [2.75, 3.05) is 6.54 Å². The van der Waals surface area contributed by atoms with E-state index in [1.54, 1.807) is 4.90 Å². The Labute approximate surface area is 218 Å². The van der Waals surface area contributed by atoms with Gasteiger partial charge in [0, 0.05) is 12.5 Å². The van der Waals surface area contributed by atoms with Crippen molar-refractivity contribution in [2.45, 2.75) is 36.6 Å². The van der Waals surface area contributed by atoms with Crippen LogP contribution in [0.3, 0.4) is 0 Å². The zero-order valence-corrected chi connectivity index (χ0v) is 20.9. The Hall–Kier alpha value is -4.18. The van der Waals surface area contributed by atoms with Crippen molar-refractivity contribution in [2.24, 2.45) is 5.73 Å². The fraction of sp³-hybridized carbons (Fsp3) is 0.212. The van der Waals surface area contributed by atoms with Crippen molar-refractivity contribution in [3.63, 3.8) is 0 Å². The molecule has 1 heterocycles. The first-order valence-electron chi connectivity index (χ1n) is 12.9. The first-order valence-corrected chi connectivity index (χ1v) is 12.9. The first kappa shape index (κ1) is 24.5. The summed E-state index contributed by atoms with van der Waals surface area (Å²) in [5.41, 5.74) is 9.42. The van der Waals surface area contributed by atoms with Crippen LogP contribution in [0.4, 0.5) is 0 Å². The van der Waals surface area contributed by atoms with Crippen LogP contribution in [-0.2, 0) is 15.0 Å². The molecule has 5 rings (SSSR count). The van der Waals surface area contributed by atoms with Crippen LogP contribution in [0.2, 0.25) is 0 Å². The summed E-state index contributed by atoms with van der Waals surface area (Å²) in [6, 6.07) is 39.8. The number of carbonyl (C=O) groups is 2. The quantitative estimate of drug-likeness (QED) is 0.330. The van der Waals surface area contributed by atoms with E-state index in [1.165, 1.54) is 11.1 Å². The van der Waals surface area contributed by atoms with Gasteiger partial charge in [-0.2, -0.15) is 0 Å². The molecule has 1 unspecified atom stereocenters. The van der Waals surface area contributed by atoms with E-state index in [2.05, 4.69) is 24.3 Å². The number of nitrogens with two attached hydrogens (primary N) is 1. The normalized spacial score (nSPS) is 15.6. The molecule has 2 amide bonds. The number of hydrogen-bond acceptors (Lipinski definition) is 2. The summed E-state index contributed by atoms with van der Waals surface area (Å²) in [5, 5.41) is 0. The van der Waals surface area contributed by atoms with Crippen molar-refractivity contribution in [3.05, 3.63) is 144 Å². The number of rotatable bonds is 9. The van der Waals surface area contributed by atoms with Crippen LogP contribution in [0, 0.1) is 0 Å². The van der Waals surface area contributed by atoms with Gasteiger partial charge in [0.15, 0.2) is 0 Å². The van der Waals surface area contributed by atoms with E-state index in [0.29, 0.717) is 25.8 Å². The van der Waals surface area contributed by atoms with Gasteiger partial charge in [-0.05, 0) is 41.5 Å². The number of nitrogens with zero attached hydrogens (tertiary/aromatic N) is 1. The minimum atomic E-state index is -0.825. The molecule has 0 spiro atoms. The van der Waals surface area contributed by atoms with Crippen LogP contribution in [0.15, 0.2) is 121 Å². The summed E-state index contributed by atoms with van der Waals surface area (Å²) < 4.78 is 0. The molecule has 0 aliphatic carbocycles. The lowest BCUT2D eigenvalue weighted by Crippen LogP contribution is -2.49. The second kappa shape index (κ2) is 10.8. The highest BCUT2D eigenvalue weighted by Gasteiger charge is 2.51. The number of primary amides is 1. The predicted molar refractivity (Wildman–Crippen MR) is 147 cm³/mol. The zero-order valence-electron chi connectivity index (χ0n) is 20.9. The molecule has 186 valence electrons. The second-order valence-electron chi connectivity index (χ2n) is 9.76. The van der Waals surface area contributed by atoms with Gasteiger partial charge in [0.05, 0.1) is 0 Å². The molecule has 4 aromatic carbocycles. The molecule has 1 fully saturated rings. The van der Waals surface area contributed by atoms with Gasteiger partial charge in [0.2, 0.25) is 11.8 Å². The smallest absolute Gasteiger partial charge is 0.240 e. The third-order valence-electron chi connectivity index (χ3n) is 7.72. The van der Waals surface area contributed by atoms with Gasteiger partial charge in [-0.15, -0.1) is 0 Å². The Kier molecular flexibility index (Phi) is 7.18. The van der Waals surface area contributed by atoms with E-state index in [9.17, 15) is 9.59 Å². The van der Waals surface area contributed by atoms with Gasteiger partial charge in [-0.1, -0.05) is 121 Å². The van der Waals surface area contributed by atoms with E-state index < -0.39 is 17.4 Å². The van der Waals surface area contributed by atoms with Crippen molar-refractivity contribution >= 4 is 11.8 Å². The van der Waals surface area contributed by atoms with Crippen LogP contribution in [-0.4, -0.2) is 29.3 Å². The molecule has 1 aliphatic heterocycles. The Bertz CT molecular complexity index is 1250. The summed E-state index contributed by atoms with van der Waals surface area (Å²) in [6.07, 6.45) is 1.80. The minimum absolute atomic E-state index is 0.0512. The highest BCUT2D eigenvalue weighted by atomic mass is 16.2. The molecule has 4 heteroatoms. The van der Waals surface area contributed by atoms with E-state index in [1.807, 2.05) is 97.1 Å². The molecule has 1 atom stereocenters. The van der Waals surface area contributed by atoms with E-state index in [4.69, 9.17) is 5.73 Å². The standard InChI is InChI=1S/C33H32N2O2/c34-31(36)30(22-21-29(25-13-5-1-6-14-25)26-15-7-2-8-16-26)35-24-23-33(32(35)37,27-17-9-3-10-18-27)28-19-11-4-12-20-28/h1-20,29-30H,21-24H2,(H2,34,36). The Morgan fingerprint density at radius 1 is 0.703 bits per heavy atom. The molecule has 0 bridgehead atoms. The van der Waals surface area contributed by atoms with E-state index in [-0.39, 0.29) is 11.8 Å². The number of carbonyl (C=O) groups excluding carboxylic acids is 2. The van der Waals surface area contributed by atoms with Crippen LogP contribution < -0.4 is 5.73 Å². The third kappa shape index (κ3) is 4.79. The maximum atomic E-state index is 14.3. The van der Waals surface area contributed by atoms with Gasteiger partial charge in [0.1, 0.15) is 11.5 Å². The van der Waals surface area contributed by atoms with Crippen molar-refractivity contribution < 1.29 is 9.59 Å². The molecular formula is C33H32N2O2. The molecule has 4 nitrogen and oxygen atoms in total. The second-order valence-corrected chi connectivity index (χ2v) is 9.76. The molecule has 1 aliphatic rings. The lowest BCUT2D eigenvalue weighted by atomic mass is 9.73. The topological polar surface area (TPSA) is 63.4 Å². The Morgan fingerprint density at radius 3 is 1.57 bits per heavy atom. The van der Waals surface area contributed by atoms with E-state index in [0.717, 1.165) is 11.1 Å². The molecule has 37 heavy (non-hydrogen) atoms. The molecule has 1 saturated heterocycles. The number of hydrogen-bond donors (Lipinski definition) is 1. The SMILES string of the molecule is NC(=O)C(CCC(c1ccccc1)c1ccccc1)N1CCC(c2ccccc2)(c2ccccc2)C1=O. The average Bonchev–Trinajstić information content (AvgIpc) is 3.30. The largest absolute Gasteiger partial charge is 0.368 e. The average molecular weight is 489 g/mol. The summed E-state index contributed by atoms with van der Waals surface area (Å²) in [7, 11) is 0. The van der Waals surface area contributed by atoms with Crippen LogP contribution in [0.25, 0.3) is 0 Å². The molecule has 4 aromatic rings. The monoisotopic (exact) mass is 488 g/mol. The molecule has 2 N–H and O–H groups in total. The fourth-order valence-electron chi connectivity index (χ4n) is 5.86. The molecular weight excluding hydrogens is 456 g/mol. The maximum Gasteiger partial charge on any atom is 0.240 e. The van der Waals surface area contributed by atoms with Crippen molar-refractivity contribution in [1.29, 1.82) is 0 Å². The Balaban J connectivity index is 1.46.